The van der Waals surface area contributed by atoms with E-state index in [1.165, 1.54) is 5.56 Å². The van der Waals surface area contributed by atoms with E-state index in [2.05, 4.69) is 64.5 Å². The Morgan fingerprint density at radius 1 is 1.24 bits per heavy atom. The predicted molar refractivity (Wildman–Crippen MR) is 109 cm³/mol. The van der Waals surface area contributed by atoms with E-state index in [-0.39, 0.29) is 5.54 Å². The van der Waals surface area contributed by atoms with Crippen LogP contribution in [0.25, 0.3) is 0 Å². The maximum atomic E-state index is 5.61. The van der Waals surface area contributed by atoms with E-state index in [0.717, 1.165) is 50.9 Å². The molecule has 0 radical (unpaired) electrons. The van der Waals surface area contributed by atoms with Crippen LogP contribution in [-0.2, 0) is 4.74 Å². The van der Waals surface area contributed by atoms with Crippen molar-refractivity contribution < 1.29 is 4.74 Å². The maximum Gasteiger partial charge on any atom is 0.191 e. The van der Waals surface area contributed by atoms with Crippen molar-refractivity contribution in [3.8, 4) is 0 Å². The SMILES string of the molecule is CN=C(NCCSC)NCC1(NC(C)c2ccccc2)CCOCC1. The van der Waals surface area contributed by atoms with Gasteiger partial charge in [0.2, 0.25) is 0 Å². The van der Waals surface area contributed by atoms with Gasteiger partial charge in [-0.05, 0) is 31.6 Å². The molecule has 1 atom stereocenters. The third kappa shape index (κ3) is 6.53. The van der Waals surface area contributed by atoms with E-state index in [4.69, 9.17) is 4.74 Å². The molecule has 1 aromatic carbocycles. The Bertz CT molecular complexity index is 517. The summed E-state index contributed by atoms with van der Waals surface area (Å²) in [6.45, 7) is 5.60. The van der Waals surface area contributed by atoms with Gasteiger partial charge in [-0.15, -0.1) is 0 Å². The molecule has 0 spiro atoms. The second-order valence-corrected chi connectivity index (χ2v) is 7.50. The van der Waals surface area contributed by atoms with Gasteiger partial charge in [0.25, 0.3) is 0 Å². The summed E-state index contributed by atoms with van der Waals surface area (Å²) in [5, 5.41) is 10.7. The second-order valence-electron chi connectivity index (χ2n) is 6.51. The average molecular weight is 365 g/mol. The van der Waals surface area contributed by atoms with Crippen LogP contribution < -0.4 is 16.0 Å². The number of rotatable bonds is 8. The molecule has 0 bridgehead atoms. The van der Waals surface area contributed by atoms with Gasteiger partial charge >= 0.3 is 0 Å². The van der Waals surface area contributed by atoms with Crippen molar-refractivity contribution in [2.75, 3.05) is 45.4 Å². The van der Waals surface area contributed by atoms with Gasteiger partial charge in [-0.2, -0.15) is 11.8 Å². The monoisotopic (exact) mass is 364 g/mol. The van der Waals surface area contributed by atoms with Gasteiger partial charge in [-0.3, -0.25) is 4.99 Å². The van der Waals surface area contributed by atoms with E-state index in [9.17, 15) is 0 Å². The Kier molecular flexibility index (Phi) is 8.58. The highest BCUT2D eigenvalue weighted by Gasteiger charge is 2.34. The van der Waals surface area contributed by atoms with Gasteiger partial charge < -0.3 is 20.7 Å². The first kappa shape index (κ1) is 20.1. The number of nitrogens with one attached hydrogen (secondary N) is 3. The number of hydrogen-bond acceptors (Lipinski definition) is 4. The normalized spacial score (nSPS) is 18.6. The smallest absolute Gasteiger partial charge is 0.191 e. The minimum absolute atomic E-state index is 0.0185. The first-order chi connectivity index (χ1) is 12.2. The van der Waals surface area contributed by atoms with Gasteiger partial charge in [0, 0.05) is 50.7 Å². The third-order valence-corrected chi connectivity index (χ3v) is 5.30. The minimum Gasteiger partial charge on any atom is -0.381 e. The number of ether oxygens (including phenoxy) is 1. The minimum atomic E-state index is 0.0185. The zero-order chi connectivity index (χ0) is 18.0. The average Bonchev–Trinajstić information content (AvgIpc) is 2.66. The topological polar surface area (TPSA) is 57.7 Å². The molecule has 0 saturated carbocycles. The Morgan fingerprint density at radius 2 is 1.96 bits per heavy atom. The number of hydrogen-bond donors (Lipinski definition) is 3. The van der Waals surface area contributed by atoms with E-state index in [1.54, 1.807) is 0 Å². The van der Waals surface area contributed by atoms with Gasteiger partial charge in [-0.1, -0.05) is 30.3 Å². The van der Waals surface area contributed by atoms with E-state index >= 15 is 0 Å². The molecule has 1 fully saturated rings. The highest BCUT2D eigenvalue weighted by molar-refractivity contribution is 7.98. The summed E-state index contributed by atoms with van der Waals surface area (Å²) in [6.07, 6.45) is 4.11. The summed E-state index contributed by atoms with van der Waals surface area (Å²) in [5.74, 6) is 1.94. The van der Waals surface area contributed by atoms with Crippen LogP contribution in [0.4, 0.5) is 0 Å². The molecule has 1 saturated heterocycles. The number of aliphatic imine (C=N–C) groups is 1. The number of guanidine groups is 1. The molecule has 5 nitrogen and oxygen atoms in total. The summed E-state index contributed by atoms with van der Waals surface area (Å²) < 4.78 is 5.61. The summed E-state index contributed by atoms with van der Waals surface area (Å²) in [5.41, 5.74) is 1.33. The van der Waals surface area contributed by atoms with Crippen molar-refractivity contribution in [1.82, 2.24) is 16.0 Å². The molecule has 1 aromatic rings. The Hall–Kier alpha value is -1.24. The molecular formula is C19H32N4OS. The fraction of sp³-hybridized carbons (Fsp3) is 0.632. The van der Waals surface area contributed by atoms with Crippen LogP contribution in [0.5, 0.6) is 0 Å². The first-order valence-electron chi connectivity index (χ1n) is 9.03. The summed E-state index contributed by atoms with van der Waals surface area (Å²) >= 11 is 1.83. The van der Waals surface area contributed by atoms with Gasteiger partial charge in [0.05, 0.1) is 0 Å². The molecule has 3 N–H and O–H groups in total. The highest BCUT2D eigenvalue weighted by atomic mass is 32.2. The third-order valence-electron chi connectivity index (χ3n) is 4.69. The standard InChI is InChI=1S/C19H32N4OS/c1-16(17-7-5-4-6-8-17)23-19(9-12-24-13-10-19)15-22-18(20-2)21-11-14-25-3/h4-8,16,23H,9-15H2,1-3H3,(H2,20,21,22). The highest BCUT2D eigenvalue weighted by Crippen LogP contribution is 2.25. The number of nitrogens with zero attached hydrogens (tertiary/aromatic N) is 1. The molecule has 1 heterocycles. The van der Waals surface area contributed by atoms with Crippen molar-refractivity contribution in [2.24, 2.45) is 4.99 Å². The Balaban J connectivity index is 1.97. The lowest BCUT2D eigenvalue weighted by atomic mass is 9.88. The van der Waals surface area contributed by atoms with Crippen LogP contribution >= 0.6 is 11.8 Å². The molecule has 2 rings (SSSR count). The summed E-state index contributed by atoms with van der Waals surface area (Å²) in [6, 6.07) is 10.9. The van der Waals surface area contributed by atoms with Crippen LogP contribution in [0.3, 0.4) is 0 Å². The number of benzene rings is 1. The quantitative estimate of drug-likeness (QED) is 0.376. The zero-order valence-electron chi connectivity index (χ0n) is 15.7. The molecule has 6 heteroatoms. The summed E-state index contributed by atoms with van der Waals surface area (Å²) in [7, 11) is 1.82. The molecule has 1 aliphatic heterocycles. The molecule has 1 aliphatic rings. The van der Waals surface area contributed by atoms with Crippen molar-refractivity contribution in [2.45, 2.75) is 31.3 Å². The molecule has 0 aliphatic carbocycles. The van der Waals surface area contributed by atoms with Crippen LogP contribution in [0, 0.1) is 0 Å². The molecular weight excluding hydrogens is 332 g/mol. The van der Waals surface area contributed by atoms with Gasteiger partial charge in [0.15, 0.2) is 5.96 Å². The maximum absolute atomic E-state index is 5.61. The van der Waals surface area contributed by atoms with Crippen molar-refractivity contribution in [3.63, 3.8) is 0 Å². The van der Waals surface area contributed by atoms with Gasteiger partial charge in [-0.25, -0.2) is 0 Å². The second kappa shape index (κ2) is 10.7. The molecule has 0 aromatic heterocycles. The van der Waals surface area contributed by atoms with E-state index in [1.807, 2.05) is 18.8 Å². The zero-order valence-corrected chi connectivity index (χ0v) is 16.5. The fourth-order valence-corrected chi connectivity index (χ4v) is 3.47. The van der Waals surface area contributed by atoms with Crippen LogP contribution in [-0.4, -0.2) is 56.9 Å². The van der Waals surface area contributed by atoms with E-state index in [0.29, 0.717) is 6.04 Å². The molecule has 0 amide bonds. The van der Waals surface area contributed by atoms with Crippen LogP contribution in [0.15, 0.2) is 35.3 Å². The Labute approximate surface area is 156 Å². The lowest BCUT2D eigenvalue weighted by Gasteiger charge is -2.41. The fourth-order valence-electron chi connectivity index (χ4n) is 3.16. The van der Waals surface area contributed by atoms with Gasteiger partial charge in [0.1, 0.15) is 0 Å². The molecule has 140 valence electrons. The molecule has 25 heavy (non-hydrogen) atoms. The van der Waals surface area contributed by atoms with Crippen LogP contribution in [0.2, 0.25) is 0 Å². The predicted octanol–water partition coefficient (Wildman–Crippen LogP) is 2.41. The Morgan fingerprint density at radius 3 is 2.60 bits per heavy atom. The molecule has 1 unspecified atom stereocenters. The summed E-state index contributed by atoms with van der Waals surface area (Å²) in [4.78, 5) is 4.34. The van der Waals surface area contributed by atoms with Crippen molar-refractivity contribution >= 4 is 17.7 Å². The number of thioether (sulfide) groups is 1. The van der Waals surface area contributed by atoms with Crippen molar-refractivity contribution in [1.29, 1.82) is 0 Å². The first-order valence-corrected chi connectivity index (χ1v) is 10.4. The van der Waals surface area contributed by atoms with Crippen LogP contribution in [0.1, 0.15) is 31.4 Å². The van der Waals surface area contributed by atoms with Crippen molar-refractivity contribution in [3.05, 3.63) is 35.9 Å². The largest absolute Gasteiger partial charge is 0.381 e. The lowest BCUT2D eigenvalue weighted by molar-refractivity contribution is 0.0355. The van der Waals surface area contributed by atoms with E-state index < -0.39 is 0 Å². The lowest BCUT2D eigenvalue weighted by Crippen LogP contribution is -2.58.